The van der Waals surface area contributed by atoms with E-state index in [0.29, 0.717) is 23.3 Å². The van der Waals surface area contributed by atoms with Crippen molar-refractivity contribution in [3.05, 3.63) is 59.2 Å². The molecule has 2 aromatic carbocycles. The minimum absolute atomic E-state index is 0.446. The van der Waals surface area contributed by atoms with E-state index in [1.54, 1.807) is 0 Å². The summed E-state index contributed by atoms with van der Waals surface area (Å²) in [5, 5.41) is 1.29. The van der Waals surface area contributed by atoms with Gasteiger partial charge in [-0.3, -0.25) is 0 Å². The number of benzene rings is 2. The number of unbranched alkanes of at least 4 members (excludes halogenated alkanes) is 3. The molecule has 2 aliphatic rings. The standard InChI is InChI=1S/C34H48F2/c1-3-5-7-9-25-11-17-28(18-12-25)29-19-13-26(14-20-29)15-22-31-24-30-21-16-27(10-8-6-4-2)23-32(30)34(36)33(31)35/h7,9,16,21,23-26,28-29H,3-6,8,10-15,17-20,22H2,1-2H3/b9-7+. The van der Waals surface area contributed by atoms with Gasteiger partial charge in [0.2, 0.25) is 0 Å². The van der Waals surface area contributed by atoms with Gasteiger partial charge < -0.3 is 0 Å². The zero-order valence-electron chi connectivity index (χ0n) is 22.8. The number of hydrogen-bond acceptors (Lipinski definition) is 0. The van der Waals surface area contributed by atoms with Crippen LogP contribution in [-0.4, -0.2) is 0 Å². The van der Waals surface area contributed by atoms with Crippen LogP contribution in [-0.2, 0) is 12.8 Å². The van der Waals surface area contributed by atoms with Crippen molar-refractivity contribution in [2.45, 2.75) is 117 Å². The number of fused-ring (bicyclic) bond motifs is 1. The van der Waals surface area contributed by atoms with Crippen LogP contribution in [0.15, 0.2) is 36.4 Å². The molecule has 0 amide bonds. The molecule has 2 aliphatic carbocycles. The first-order chi connectivity index (χ1) is 17.6. The zero-order valence-corrected chi connectivity index (χ0v) is 22.8. The Kier molecular flexibility index (Phi) is 10.4. The summed E-state index contributed by atoms with van der Waals surface area (Å²) >= 11 is 0. The maximum Gasteiger partial charge on any atom is 0.166 e. The number of rotatable bonds is 11. The molecule has 0 nitrogen and oxygen atoms in total. The number of hydrogen-bond donors (Lipinski definition) is 0. The van der Waals surface area contributed by atoms with Crippen molar-refractivity contribution >= 4 is 10.8 Å². The quantitative estimate of drug-likeness (QED) is 0.215. The summed E-state index contributed by atoms with van der Waals surface area (Å²) in [5.74, 6) is 2.02. The molecule has 0 bridgehead atoms. The maximum absolute atomic E-state index is 15.0. The fourth-order valence-electron chi connectivity index (χ4n) is 6.92. The molecule has 198 valence electrons. The van der Waals surface area contributed by atoms with Gasteiger partial charge in [-0.05, 0) is 123 Å². The van der Waals surface area contributed by atoms with Gasteiger partial charge in [-0.25, -0.2) is 8.78 Å². The van der Waals surface area contributed by atoms with E-state index in [0.717, 1.165) is 48.0 Å². The molecule has 0 aliphatic heterocycles. The van der Waals surface area contributed by atoms with Crippen LogP contribution in [0.5, 0.6) is 0 Å². The van der Waals surface area contributed by atoms with Crippen molar-refractivity contribution in [2.75, 3.05) is 0 Å². The van der Waals surface area contributed by atoms with Crippen molar-refractivity contribution in [2.24, 2.45) is 23.7 Å². The second-order valence-electron chi connectivity index (χ2n) is 11.9. The van der Waals surface area contributed by atoms with E-state index >= 15 is 0 Å². The van der Waals surface area contributed by atoms with Crippen LogP contribution in [0.25, 0.3) is 10.8 Å². The Hall–Kier alpha value is -1.70. The number of halogens is 2. The summed E-state index contributed by atoms with van der Waals surface area (Å²) in [6.07, 6.45) is 24.1. The van der Waals surface area contributed by atoms with E-state index in [2.05, 4.69) is 32.1 Å². The highest BCUT2D eigenvalue weighted by molar-refractivity contribution is 5.84. The van der Waals surface area contributed by atoms with Gasteiger partial charge >= 0.3 is 0 Å². The molecule has 2 saturated carbocycles. The fourth-order valence-corrected chi connectivity index (χ4v) is 6.92. The molecule has 36 heavy (non-hydrogen) atoms. The molecule has 0 N–H and O–H groups in total. The van der Waals surface area contributed by atoms with Crippen LogP contribution in [0, 0.1) is 35.3 Å². The van der Waals surface area contributed by atoms with Crippen molar-refractivity contribution in [1.29, 1.82) is 0 Å². The van der Waals surface area contributed by atoms with Crippen LogP contribution in [0.2, 0.25) is 0 Å². The summed E-state index contributed by atoms with van der Waals surface area (Å²) in [5.41, 5.74) is 1.68. The molecule has 0 saturated heterocycles. The number of aryl methyl sites for hydroxylation is 2. The average molecular weight is 495 g/mol. The minimum Gasteiger partial charge on any atom is -0.203 e. The largest absolute Gasteiger partial charge is 0.203 e. The lowest BCUT2D eigenvalue weighted by Crippen LogP contribution is -2.25. The Morgan fingerprint density at radius 1 is 0.778 bits per heavy atom. The molecule has 0 spiro atoms. The van der Waals surface area contributed by atoms with Crippen molar-refractivity contribution in [3.8, 4) is 0 Å². The molecule has 0 unspecified atom stereocenters. The van der Waals surface area contributed by atoms with Gasteiger partial charge in [0.05, 0.1) is 0 Å². The Bertz CT molecular complexity index is 974. The lowest BCUT2D eigenvalue weighted by molar-refractivity contribution is 0.152. The SMILES string of the molecule is CCC/C=C/C1CCC(C2CCC(CCc3cc4ccc(CCCCC)cc4c(F)c3F)CC2)CC1. The van der Waals surface area contributed by atoms with Gasteiger partial charge in [0.1, 0.15) is 0 Å². The van der Waals surface area contributed by atoms with E-state index in [4.69, 9.17) is 0 Å². The Morgan fingerprint density at radius 3 is 2.19 bits per heavy atom. The number of allylic oxidation sites excluding steroid dienone is 2. The summed E-state index contributed by atoms with van der Waals surface area (Å²) in [6, 6.07) is 7.85. The molecule has 2 aromatic rings. The van der Waals surface area contributed by atoms with Crippen molar-refractivity contribution < 1.29 is 8.78 Å². The summed E-state index contributed by atoms with van der Waals surface area (Å²) < 4.78 is 30.0. The third-order valence-corrected chi connectivity index (χ3v) is 9.29. The molecule has 0 heterocycles. The Morgan fingerprint density at radius 2 is 1.50 bits per heavy atom. The summed E-state index contributed by atoms with van der Waals surface area (Å²) in [4.78, 5) is 0. The summed E-state index contributed by atoms with van der Waals surface area (Å²) in [6.45, 7) is 4.43. The molecular formula is C34H48F2. The first-order valence-corrected chi connectivity index (χ1v) is 15.1. The first kappa shape index (κ1) is 27.3. The normalized spacial score (nSPS) is 25.1. The van der Waals surface area contributed by atoms with E-state index in [1.807, 2.05) is 18.2 Å². The molecule has 2 fully saturated rings. The topological polar surface area (TPSA) is 0 Å². The molecule has 0 aromatic heterocycles. The van der Waals surface area contributed by atoms with E-state index in [-0.39, 0.29) is 0 Å². The van der Waals surface area contributed by atoms with Crippen molar-refractivity contribution in [3.63, 3.8) is 0 Å². The van der Waals surface area contributed by atoms with Crippen LogP contribution in [0.1, 0.15) is 115 Å². The lowest BCUT2D eigenvalue weighted by Gasteiger charge is -2.37. The van der Waals surface area contributed by atoms with Gasteiger partial charge in [0, 0.05) is 5.39 Å². The first-order valence-electron chi connectivity index (χ1n) is 15.1. The summed E-state index contributed by atoms with van der Waals surface area (Å²) in [7, 11) is 0. The zero-order chi connectivity index (χ0) is 25.3. The maximum atomic E-state index is 15.0. The average Bonchev–Trinajstić information content (AvgIpc) is 2.91. The molecule has 0 radical (unpaired) electrons. The Balaban J connectivity index is 1.26. The van der Waals surface area contributed by atoms with E-state index < -0.39 is 11.6 Å². The van der Waals surface area contributed by atoms with Gasteiger partial charge in [0.15, 0.2) is 11.6 Å². The monoisotopic (exact) mass is 494 g/mol. The van der Waals surface area contributed by atoms with Crippen molar-refractivity contribution in [1.82, 2.24) is 0 Å². The Labute approximate surface area is 219 Å². The van der Waals surface area contributed by atoms with Crippen LogP contribution < -0.4 is 0 Å². The predicted molar refractivity (Wildman–Crippen MR) is 150 cm³/mol. The molecule has 2 heteroatoms. The lowest BCUT2D eigenvalue weighted by atomic mass is 9.68. The van der Waals surface area contributed by atoms with E-state index in [9.17, 15) is 8.78 Å². The highest BCUT2D eigenvalue weighted by Gasteiger charge is 2.30. The second kappa shape index (κ2) is 13.7. The highest BCUT2D eigenvalue weighted by atomic mass is 19.2. The molecule has 4 rings (SSSR count). The van der Waals surface area contributed by atoms with Crippen LogP contribution in [0.3, 0.4) is 0 Å². The fraction of sp³-hybridized carbons (Fsp3) is 0.647. The smallest absolute Gasteiger partial charge is 0.166 e. The molecular weight excluding hydrogens is 446 g/mol. The minimum atomic E-state index is -0.649. The third-order valence-electron chi connectivity index (χ3n) is 9.29. The van der Waals surface area contributed by atoms with Gasteiger partial charge in [-0.2, -0.15) is 0 Å². The third kappa shape index (κ3) is 7.20. The molecule has 0 atom stereocenters. The van der Waals surface area contributed by atoms with Crippen LogP contribution >= 0.6 is 0 Å². The van der Waals surface area contributed by atoms with Gasteiger partial charge in [-0.15, -0.1) is 0 Å². The second-order valence-corrected chi connectivity index (χ2v) is 11.9. The predicted octanol–water partition coefficient (Wildman–Crippen LogP) is 10.8. The van der Waals surface area contributed by atoms with Crippen LogP contribution in [0.4, 0.5) is 8.78 Å². The van der Waals surface area contributed by atoms with Gasteiger partial charge in [-0.1, -0.05) is 70.2 Å². The van der Waals surface area contributed by atoms with E-state index in [1.165, 1.54) is 77.0 Å². The highest BCUT2D eigenvalue weighted by Crippen LogP contribution is 2.42. The van der Waals surface area contributed by atoms with Gasteiger partial charge in [0.25, 0.3) is 0 Å².